The van der Waals surface area contributed by atoms with Crippen LogP contribution in [0.1, 0.15) is 41.7 Å². The van der Waals surface area contributed by atoms with Gasteiger partial charge in [-0.05, 0) is 39.4 Å². The Kier molecular flexibility index (Phi) is 6.83. The van der Waals surface area contributed by atoms with E-state index in [0.717, 1.165) is 35.6 Å². The molecule has 2 aromatic heterocycles. The number of aromatic amines is 1. The van der Waals surface area contributed by atoms with Crippen molar-refractivity contribution in [1.82, 2.24) is 14.8 Å². The first-order valence-electron chi connectivity index (χ1n) is 9.12. The number of nitrogens with zero attached hydrogens (tertiary/aromatic N) is 2. The molecule has 0 saturated carbocycles. The van der Waals surface area contributed by atoms with E-state index >= 15 is 0 Å². The van der Waals surface area contributed by atoms with E-state index in [1.54, 1.807) is 11.9 Å². The third-order valence-corrected chi connectivity index (χ3v) is 6.05. The van der Waals surface area contributed by atoms with Gasteiger partial charge >= 0.3 is 0 Å². The minimum Gasteiger partial charge on any atom is -0.491 e. The van der Waals surface area contributed by atoms with Gasteiger partial charge in [0.2, 0.25) is 0 Å². The number of aryl methyl sites for hydroxylation is 2. The summed E-state index contributed by atoms with van der Waals surface area (Å²) in [4.78, 5) is 32.9. The van der Waals surface area contributed by atoms with E-state index in [1.807, 2.05) is 20.8 Å². The molecule has 0 radical (unpaired) electrons. The van der Waals surface area contributed by atoms with Gasteiger partial charge < -0.3 is 19.5 Å². The monoisotopic (exact) mass is 379 g/mol. The number of pyridine rings is 1. The Morgan fingerprint density at radius 3 is 2.38 bits per heavy atom. The van der Waals surface area contributed by atoms with Crippen molar-refractivity contribution in [2.45, 2.75) is 34.6 Å². The maximum atomic E-state index is 13.0. The maximum Gasteiger partial charge on any atom is 0.267 e. The summed E-state index contributed by atoms with van der Waals surface area (Å²) in [6.45, 7) is 13.7. The summed E-state index contributed by atoms with van der Waals surface area (Å²) in [5.74, 6) is 0.315. The van der Waals surface area contributed by atoms with Gasteiger partial charge in [-0.15, -0.1) is 11.3 Å². The molecule has 0 aliphatic carbocycles. The molecule has 0 aliphatic rings. The fourth-order valence-electron chi connectivity index (χ4n) is 2.91. The highest BCUT2D eigenvalue weighted by atomic mass is 32.1. The second-order valence-corrected chi connectivity index (χ2v) is 7.38. The van der Waals surface area contributed by atoms with Crippen LogP contribution in [0.3, 0.4) is 0 Å². The Bertz CT molecular complexity index is 837. The van der Waals surface area contributed by atoms with Crippen LogP contribution in [0.4, 0.5) is 0 Å². The van der Waals surface area contributed by atoms with E-state index in [4.69, 9.17) is 4.74 Å². The summed E-state index contributed by atoms with van der Waals surface area (Å²) >= 11 is 1.35. The van der Waals surface area contributed by atoms with Crippen LogP contribution in [-0.4, -0.2) is 60.5 Å². The van der Waals surface area contributed by atoms with E-state index in [9.17, 15) is 9.59 Å². The number of fused-ring (bicyclic) bond motifs is 1. The average molecular weight is 380 g/mol. The highest BCUT2D eigenvalue weighted by Gasteiger charge is 2.26. The Labute approximate surface area is 158 Å². The van der Waals surface area contributed by atoms with Crippen LogP contribution in [0.25, 0.3) is 10.1 Å². The minimum absolute atomic E-state index is 0.0988. The van der Waals surface area contributed by atoms with Crippen molar-refractivity contribution in [3.05, 3.63) is 26.5 Å². The van der Waals surface area contributed by atoms with E-state index in [-0.39, 0.29) is 11.5 Å². The second-order valence-electron chi connectivity index (χ2n) is 6.36. The van der Waals surface area contributed by atoms with Crippen LogP contribution < -0.4 is 10.3 Å². The molecule has 0 spiro atoms. The Balaban J connectivity index is 2.43. The number of H-pyrrole nitrogens is 1. The van der Waals surface area contributed by atoms with E-state index in [0.29, 0.717) is 29.2 Å². The van der Waals surface area contributed by atoms with Crippen molar-refractivity contribution < 1.29 is 9.53 Å². The topological polar surface area (TPSA) is 65.6 Å². The lowest BCUT2D eigenvalue weighted by Crippen LogP contribution is -2.36. The van der Waals surface area contributed by atoms with Crippen molar-refractivity contribution in [2.24, 2.45) is 0 Å². The van der Waals surface area contributed by atoms with Gasteiger partial charge in [0.05, 0.1) is 6.61 Å². The number of hydrogen-bond donors (Lipinski definition) is 1. The number of carbonyl (C=O) groups is 1. The predicted octanol–water partition coefficient (Wildman–Crippen LogP) is 3.02. The number of aromatic nitrogens is 1. The first-order valence-corrected chi connectivity index (χ1v) is 9.93. The molecule has 6 nitrogen and oxygen atoms in total. The third-order valence-electron chi connectivity index (χ3n) is 4.77. The van der Waals surface area contributed by atoms with Gasteiger partial charge in [-0.1, -0.05) is 13.8 Å². The van der Waals surface area contributed by atoms with Gasteiger partial charge in [0, 0.05) is 30.5 Å². The lowest BCUT2D eigenvalue weighted by molar-refractivity contribution is 0.0781. The van der Waals surface area contributed by atoms with E-state index in [2.05, 4.69) is 23.7 Å². The molecule has 0 saturated heterocycles. The fourth-order valence-corrected chi connectivity index (χ4v) is 4.21. The Morgan fingerprint density at radius 1 is 1.15 bits per heavy atom. The number of hydrogen-bond acceptors (Lipinski definition) is 5. The number of nitrogens with one attached hydrogen (secondary N) is 1. The van der Waals surface area contributed by atoms with Crippen molar-refractivity contribution in [2.75, 3.05) is 39.8 Å². The van der Waals surface area contributed by atoms with Gasteiger partial charge in [0.15, 0.2) is 5.75 Å². The zero-order valence-electron chi connectivity index (χ0n) is 16.6. The molecule has 26 heavy (non-hydrogen) atoms. The number of amides is 1. The standard InChI is InChI=1S/C19H29N3O3S/c1-7-22(8-2)11-10-21(6)19(24)17-15(25-9-3)14-16(26-17)12(4)13(5)20-18(14)23/h7-11H2,1-6H3,(H,20,23). The molecule has 0 unspecified atom stereocenters. The summed E-state index contributed by atoms with van der Waals surface area (Å²) in [7, 11) is 1.80. The molecular formula is C19H29N3O3S. The van der Waals surface area contributed by atoms with Gasteiger partial charge in [-0.25, -0.2) is 0 Å². The summed E-state index contributed by atoms with van der Waals surface area (Å²) in [6, 6.07) is 0. The van der Waals surface area contributed by atoms with Crippen molar-refractivity contribution >= 4 is 27.3 Å². The summed E-state index contributed by atoms with van der Waals surface area (Å²) in [5.41, 5.74) is 1.60. The number of rotatable bonds is 8. The first kappa shape index (κ1) is 20.5. The molecule has 2 rings (SSSR count). The van der Waals surface area contributed by atoms with Crippen LogP contribution in [0.2, 0.25) is 0 Å². The zero-order valence-corrected chi connectivity index (χ0v) is 17.4. The minimum atomic E-state index is -0.201. The highest BCUT2D eigenvalue weighted by molar-refractivity contribution is 7.21. The van der Waals surface area contributed by atoms with Crippen LogP contribution in [-0.2, 0) is 0 Å². The Morgan fingerprint density at radius 2 is 1.81 bits per heavy atom. The molecular weight excluding hydrogens is 350 g/mol. The quantitative estimate of drug-likeness (QED) is 0.766. The van der Waals surface area contributed by atoms with Crippen LogP contribution >= 0.6 is 11.3 Å². The smallest absolute Gasteiger partial charge is 0.267 e. The van der Waals surface area contributed by atoms with Crippen LogP contribution in [0, 0.1) is 13.8 Å². The van der Waals surface area contributed by atoms with E-state index < -0.39 is 0 Å². The lowest BCUT2D eigenvalue weighted by atomic mass is 10.1. The molecule has 144 valence electrons. The van der Waals surface area contributed by atoms with E-state index in [1.165, 1.54) is 11.3 Å². The third kappa shape index (κ3) is 3.94. The predicted molar refractivity (Wildman–Crippen MR) is 108 cm³/mol. The molecule has 0 aromatic carbocycles. The second kappa shape index (κ2) is 8.68. The molecule has 1 amide bonds. The summed E-state index contributed by atoms with van der Waals surface area (Å²) in [5, 5.41) is 0.487. The normalized spacial score (nSPS) is 11.3. The summed E-state index contributed by atoms with van der Waals surface area (Å²) < 4.78 is 6.57. The largest absolute Gasteiger partial charge is 0.491 e. The summed E-state index contributed by atoms with van der Waals surface area (Å²) in [6.07, 6.45) is 0. The molecule has 0 fully saturated rings. The highest BCUT2D eigenvalue weighted by Crippen LogP contribution is 2.38. The van der Waals surface area contributed by atoms with Gasteiger partial charge in [-0.3, -0.25) is 9.59 Å². The lowest BCUT2D eigenvalue weighted by Gasteiger charge is -2.23. The maximum absolute atomic E-state index is 13.0. The molecule has 0 bridgehead atoms. The number of likely N-dealkylation sites (N-methyl/N-ethyl adjacent to an activating group) is 2. The van der Waals surface area contributed by atoms with Crippen molar-refractivity contribution in [1.29, 1.82) is 0 Å². The van der Waals surface area contributed by atoms with Crippen LogP contribution in [0.15, 0.2) is 4.79 Å². The number of carbonyl (C=O) groups excluding carboxylic acids is 1. The van der Waals surface area contributed by atoms with Gasteiger partial charge in [0.25, 0.3) is 11.5 Å². The fraction of sp³-hybridized carbons (Fsp3) is 0.579. The number of ether oxygens (including phenoxy) is 1. The molecule has 0 atom stereocenters. The van der Waals surface area contributed by atoms with Gasteiger partial charge in [0.1, 0.15) is 10.3 Å². The van der Waals surface area contributed by atoms with Gasteiger partial charge in [-0.2, -0.15) is 0 Å². The molecule has 1 N–H and O–H groups in total. The van der Waals surface area contributed by atoms with Crippen LogP contribution in [0.5, 0.6) is 5.75 Å². The van der Waals surface area contributed by atoms with Crippen molar-refractivity contribution in [3.63, 3.8) is 0 Å². The molecule has 7 heteroatoms. The first-order chi connectivity index (χ1) is 12.3. The molecule has 2 aromatic rings. The number of thiophene rings is 1. The molecule has 2 heterocycles. The van der Waals surface area contributed by atoms with Crippen molar-refractivity contribution in [3.8, 4) is 5.75 Å². The molecule has 0 aliphatic heterocycles. The Hall–Kier alpha value is -1.86. The zero-order chi connectivity index (χ0) is 19.4. The SMILES string of the molecule is CCOc1c(C(=O)N(C)CCN(CC)CC)sc2c(C)c(C)[nH]c(=O)c12. The average Bonchev–Trinajstić information content (AvgIpc) is 3.00.